The van der Waals surface area contributed by atoms with Gasteiger partial charge in [0.1, 0.15) is 5.15 Å². The molecule has 0 aromatic carbocycles. The van der Waals surface area contributed by atoms with E-state index in [2.05, 4.69) is 35.7 Å². The number of aliphatic imine (C=N–C) groups is 1. The summed E-state index contributed by atoms with van der Waals surface area (Å²) in [5.41, 5.74) is 0.978. The third-order valence-corrected chi connectivity index (χ3v) is 5.28. The second-order valence-corrected chi connectivity index (χ2v) is 7.62. The highest BCUT2D eigenvalue weighted by Gasteiger charge is 2.16. The van der Waals surface area contributed by atoms with Crippen molar-refractivity contribution in [1.29, 1.82) is 0 Å². The maximum atomic E-state index is 6.06. The molecule has 1 heterocycles. The molecule has 0 saturated carbocycles. The maximum Gasteiger partial charge on any atom is 0.191 e. The van der Waals surface area contributed by atoms with Crippen LogP contribution in [0.2, 0.25) is 10.2 Å². The van der Waals surface area contributed by atoms with Crippen molar-refractivity contribution in [3.63, 3.8) is 0 Å². The van der Waals surface area contributed by atoms with Crippen molar-refractivity contribution in [1.82, 2.24) is 15.2 Å². The standard InChI is InChI=1S/C14H24Cl2N4S/c1-6-17-13(19-9-14(2,3)21-5)18-8-10-7-11(15)12(16)20(10)4/h7H,6,8-9H2,1-5H3,(H2,17,18,19). The fourth-order valence-electron chi connectivity index (χ4n) is 1.61. The maximum absolute atomic E-state index is 6.06. The topological polar surface area (TPSA) is 41.4 Å². The summed E-state index contributed by atoms with van der Waals surface area (Å²) in [4.78, 5) is 4.58. The minimum Gasteiger partial charge on any atom is -0.357 e. The van der Waals surface area contributed by atoms with Crippen molar-refractivity contribution in [2.75, 3.05) is 19.3 Å². The molecule has 2 N–H and O–H groups in total. The van der Waals surface area contributed by atoms with Crippen LogP contribution in [0.25, 0.3) is 0 Å². The predicted octanol–water partition coefficient (Wildman–Crippen LogP) is 3.53. The van der Waals surface area contributed by atoms with Gasteiger partial charge in [-0.3, -0.25) is 0 Å². The lowest BCUT2D eigenvalue weighted by Crippen LogP contribution is -2.43. The van der Waals surface area contributed by atoms with Crippen molar-refractivity contribution in [3.05, 3.63) is 21.9 Å². The molecule has 0 bridgehead atoms. The minimum absolute atomic E-state index is 0.160. The number of hydrogen-bond donors (Lipinski definition) is 2. The van der Waals surface area contributed by atoms with Gasteiger partial charge in [0.05, 0.1) is 11.6 Å². The molecule has 4 nitrogen and oxygen atoms in total. The van der Waals surface area contributed by atoms with Crippen LogP contribution in [-0.4, -0.2) is 34.6 Å². The molecular formula is C14H24Cl2N4S. The van der Waals surface area contributed by atoms with Gasteiger partial charge in [-0.1, -0.05) is 23.2 Å². The molecule has 21 heavy (non-hydrogen) atoms. The smallest absolute Gasteiger partial charge is 0.191 e. The number of nitrogens with one attached hydrogen (secondary N) is 2. The molecule has 1 aromatic heterocycles. The highest BCUT2D eigenvalue weighted by atomic mass is 35.5. The molecule has 0 aliphatic carbocycles. The number of nitrogens with zero attached hydrogens (tertiary/aromatic N) is 2. The normalized spacial score (nSPS) is 12.6. The molecule has 1 rings (SSSR count). The quantitative estimate of drug-likeness (QED) is 0.609. The van der Waals surface area contributed by atoms with E-state index < -0.39 is 0 Å². The number of halogens is 2. The van der Waals surface area contributed by atoms with Crippen molar-refractivity contribution in [2.24, 2.45) is 12.0 Å². The van der Waals surface area contributed by atoms with Crippen molar-refractivity contribution >= 4 is 40.9 Å². The Balaban J connectivity index is 2.73. The van der Waals surface area contributed by atoms with Crippen LogP contribution in [0.1, 0.15) is 26.5 Å². The van der Waals surface area contributed by atoms with Crippen molar-refractivity contribution in [2.45, 2.75) is 32.1 Å². The second-order valence-electron chi connectivity index (χ2n) is 5.35. The van der Waals surface area contributed by atoms with E-state index in [1.165, 1.54) is 0 Å². The lowest BCUT2D eigenvalue weighted by molar-refractivity contribution is 0.663. The molecule has 0 saturated heterocycles. The van der Waals surface area contributed by atoms with Gasteiger partial charge in [-0.15, -0.1) is 0 Å². The first kappa shape index (κ1) is 18.5. The molecule has 0 atom stereocenters. The van der Waals surface area contributed by atoms with E-state index >= 15 is 0 Å². The average Bonchev–Trinajstić information content (AvgIpc) is 2.69. The summed E-state index contributed by atoms with van der Waals surface area (Å²) >= 11 is 13.9. The summed E-state index contributed by atoms with van der Waals surface area (Å²) in [7, 11) is 1.89. The summed E-state index contributed by atoms with van der Waals surface area (Å²) in [5.74, 6) is 0.799. The van der Waals surface area contributed by atoms with E-state index in [-0.39, 0.29) is 4.75 Å². The van der Waals surface area contributed by atoms with E-state index in [0.717, 1.165) is 24.7 Å². The molecule has 0 radical (unpaired) electrons. The number of rotatable bonds is 6. The molecule has 0 aliphatic rings. The Morgan fingerprint density at radius 1 is 1.38 bits per heavy atom. The summed E-state index contributed by atoms with van der Waals surface area (Å²) in [6, 6.07) is 1.85. The fourth-order valence-corrected chi connectivity index (χ4v) is 2.24. The minimum atomic E-state index is 0.160. The van der Waals surface area contributed by atoms with Gasteiger partial charge in [-0.05, 0) is 33.1 Å². The van der Waals surface area contributed by atoms with Crippen LogP contribution >= 0.6 is 35.0 Å². The Morgan fingerprint density at radius 3 is 2.52 bits per heavy atom. The Morgan fingerprint density at radius 2 is 2.05 bits per heavy atom. The molecule has 0 spiro atoms. The van der Waals surface area contributed by atoms with Crippen molar-refractivity contribution in [3.8, 4) is 0 Å². The van der Waals surface area contributed by atoms with Crippen LogP contribution in [0, 0.1) is 0 Å². The monoisotopic (exact) mass is 350 g/mol. The molecule has 7 heteroatoms. The van der Waals surface area contributed by atoms with Crippen LogP contribution in [0.3, 0.4) is 0 Å². The number of guanidine groups is 1. The largest absolute Gasteiger partial charge is 0.357 e. The van der Waals surface area contributed by atoms with Gasteiger partial charge in [0.2, 0.25) is 0 Å². The summed E-state index contributed by atoms with van der Waals surface area (Å²) in [6.45, 7) is 8.63. The van der Waals surface area contributed by atoms with Crippen LogP contribution in [-0.2, 0) is 13.6 Å². The van der Waals surface area contributed by atoms with E-state index in [0.29, 0.717) is 16.7 Å². The zero-order chi connectivity index (χ0) is 16.0. The van der Waals surface area contributed by atoms with Gasteiger partial charge in [-0.2, -0.15) is 11.8 Å². The second kappa shape index (κ2) is 8.20. The first-order chi connectivity index (χ1) is 9.80. The molecule has 0 amide bonds. The SMILES string of the molecule is CCNC(=NCc1cc(Cl)c(Cl)n1C)NCC(C)(C)SC. The third kappa shape index (κ3) is 5.64. The summed E-state index contributed by atoms with van der Waals surface area (Å²) in [5, 5.41) is 7.72. The van der Waals surface area contributed by atoms with Crippen LogP contribution in [0.15, 0.2) is 11.1 Å². The van der Waals surface area contributed by atoms with Gasteiger partial charge in [0.25, 0.3) is 0 Å². The molecule has 120 valence electrons. The first-order valence-electron chi connectivity index (χ1n) is 6.87. The Bertz CT molecular complexity index is 497. The van der Waals surface area contributed by atoms with E-state index in [1.54, 1.807) is 0 Å². The molecular weight excluding hydrogens is 327 g/mol. The first-order valence-corrected chi connectivity index (χ1v) is 8.85. The van der Waals surface area contributed by atoms with Gasteiger partial charge in [-0.25, -0.2) is 4.99 Å². The number of hydrogen-bond acceptors (Lipinski definition) is 2. The van der Waals surface area contributed by atoms with Crippen LogP contribution < -0.4 is 10.6 Å². The highest BCUT2D eigenvalue weighted by molar-refractivity contribution is 7.99. The summed E-state index contributed by atoms with van der Waals surface area (Å²) < 4.78 is 2.01. The zero-order valence-electron chi connectivity index (χ0n) is 13.3. The highest BCUT2D eigenvalue weighted by Crippen LogP contribution is 2.25. The van der Waals surface area contributed by atoms with Crippen LogP contribution in [0.5, 0.6) is 0 Å². The summed E-state index contributed by atoms with van der Waals surface area (Å²) in [6.07, 6.45) is 2.11. The number of thioether (sulfide) groups is 1. The predicted molar refractivity (Wildman–Crippen MR) is 95.8 cm³/mol. The van der Waals surface area contributed by atoms with Crippen molar-refractivity contribution < 1.29 is 0 Å². The van der Waals surface area contributed by atoms with Gasteiger partial charge in [0, 0.05) is 30.6 Å². The molecule has 0 unspecified atom stereocenters. The van der Waals surface area contributed by atoms with E-state index in [9.17, 15) is 0 Å². The van der Waals surface area contributed by atoms with Gasteiger partial charge >= 0.3 is 0 Å². The molecule has 0 fully saturated rings. The zero-order valence-corrected chi connectivity index (χ0v) is 15.6. The number of aromatic nitrogens is 1. The lowest BCUT2D eigenvalue weighted by atomic mass is 10.2. The van der Waals surface area contributed by atoms with Gasteiger partial charge < -0.3 is 15.2 Å². The van der Waals surface area contributed by atoms with Gasteiger partial charge in [0.15, 0.2) is 5.96 Å². The Kier molecular flexibility index (Phi) is 7.24. The lowest BCUT2D eigenvalue weighted by Gasteiger charge is -2.23. The third-order valence-electron chi connectivity index (χ3n) is 3.19. The fraction of sp³-hybridized carbons (Fsp3) is 0.643. The Hall–Kier alpha value is -0.520. The van der Waals surface area contributed by atoms with E-state index in [1.807, 2.05) is 36.4 Å². The molecule has 1 aromatic rings. The van der Waals surface area contributed by atoms with E-state index in [4.69, 9.17) is 23.2 Å². The molecule has 0 aliphatic heterocycles. The van der Waals surface area contributed by atoms with Crippen LogP contribution in [0.4, 0.5) is 0 Å². The Labute approximate surface area is 141 Å². The average molecular weight is 351 g/mol.